The molecule has 0 aliphatic heterocycles. The van der Waals surface area contributed by atoms with Gasteiger partial charge in [-0.3, -0.25) is 0 Å². The van der Waals surface area contributed by atoms with Crippen LogP contribution in [0.5, 0.6) is 69.0 Å². The van der Waals surface area contributed by atoms with E-state index in [0.717, 1.165) is 115 Å². The highest BCUT2D eigenvalue weighted by Gasteiger charge is 2.53. The maximum absolute atomic E-state index is 10.1. The van der Waals surface area contributed by atoms with Crippen molar-refractivity contribution in [3.05, 3.63) is 355 Å². The van der Waals surface area contributed by atoms with E-state index < -0.39 is 0 Å². The first-order chi connectivity index (χ1) is 65.2. The molecule has 0 radical (unpaired) electrons. The topological polar surface area (TPSA) is 243 Å². The Kier molecular flexibility index (Phi) is 30.5. The van der Waals surface area contributed by atoms with E-state index in [2.05, 4.69) is 100 Å². The molecule has 8 saturated carbocycles. The summed E-state index contributed by atoms with van der Waals surface area (Å²) in [5.74, 6) is 8.33. The summed E-state index contributed by atoms with van der Waals surface area (Å²) in [4.78, 5) is 0. The molecule has 716 valence electrons. The second-order valence-corrected chi connectivity index (χ2v) is 43.1. The third-order valence-corrected chi connectivity index (χ3v) is 33.8. The molecule has 8 fully saturated rings. The average molecular weight is 1830 g/mol. The second-order valence-electron chi connectivity index (χ2n) is 43.1. The van der Waals surface area contributed by atoms with Crippen molar-refractivity contribution in [1.82, 2.24) is 0 Å². The van der Waals surface area contributed by atoms with Crippen molar-refractivity contribution in [3.8, 4) is 69.0 Å². The first-order valence-electron chi connectivity index (χ1n) is 50.8. The lowest BCUT2D eigenvalue weighted by Crippen LogP contribution is -2.39. The number of hydrogen-bond acceptors (Lipinski definition) is 12. The van der Waals surface area contributed by atoms with Gasteiger partial charge in [0.25, 0.3) is 0 Å². The van der Waals surface area contributed by atoms with Crippen molar-refractivity contribution in [2.75, 3.05) is 0 Å². The van der Waals surface area contributed by atoms with E-state index in [-0.39, 0.29) is 37.9 Å². The normalized spacial score (nSPS) is 21.3. The highest BCUT2D eigenvalue weighted by atomic mass is 16.3. The molecule has 0 bridgehead atoms. The van der Waals surface area contributed by atoms with E-state index in [9.17, 15) is 61.3 Å². The quantitative estimate of drug-likeness (QED) is 0.0516. The van der Waals surface area contributed by atoms with Crippen LogP contribution in [-0.4, -0.2) is 61.3 Å². The number of aromatic hydroxyl groups is 12. The van der Waals surface area contributed by atoms with Crippen molar-refractivity contribution in [2.45, 2.75) is 288 Å². The zero-order chi connectivity index (χ0) is 96.5. The molecule has 12 heteroatoms. The zero-order valence-corrected chi connectivity index (χ0v) is 82.1. The minimum atomic E-state index is -0.0829. The van der Waals surface area contributed by atoms with Gasteiger partial charge in [-0.15, -0.1) is 0 Å². The summed E-state index contributed by atoms with van der Waals surface area (Å²) in [5.41, 5.74) is 21.3. The lowest BCUT2D eigenvalue weighted by molar-refractivity contribution is 0.125. The van der Waals surface area contributed by atoms with Crippen LogP contribution in [0, 0.1) is 82.5 Å². The molecule has 8 aliphatic rings. The van der Waals surface area contributed by atoms with E-state index >= 15 is 0 Å². The molecular formula is C124H148O12. The predicted molar refractivity (Wildman–Crippen MR) is 550 cm³/mol. The first-order valence-corrected chi connectivity index (χ1v) is 50.8. The van der Waals surface area contributed by atoms with Crippen molar-refractivity contribution >= 4 is 0 Å². The SMILES string of the molecule is CC1CCCC(c2ccc(O)cc2)(c2ccc(O)cc2)C1.Cc1cc(C2(c3ccc(O)c(C)c3)CC(C)(C)CC2C)ccc1O.Cc1cc(C2(c3ccc(O)c(C)c3)CCC3CCCCC3C2)ccc1O.Cc1cc(C2(c3ccc(O)c(C)c3)CCCC2C2CCCC2)ccc1O.Oc1ccc(C2(c3ccc(O)cc3)CCCC2)cc1.Oc1ccc(C2(c3ccc(O)cc3)CCCCC2)cc1. The number of benzene rings is 12. The maximum Gasteiger partial charge on any atom is 0.118 e. The Labute approximate surface area is 809 Å². The van der Waals surface area contributed by atoms with Crippen LogP contribution in [0.2, 0.25) is 0 Å². The molecule has 12 aromatic carbocycles. The Morgan fingerprint density at radius 2 is 0.478 bits per heavy atom. The maximum atomic E-state index is 10.1. The molecule has 12 aromatic rings. The molecule has 5 unspecified atom stereocenters. The van der Waals surface area contributed by atoms with Crippen LogP contribution in [0.1, 0.15) is 314 Å². The molecule has 0 amide bonds. The monoisotopic (exact) mass is 1830 g/mol. The summed E-state index contributed by atoms with van der Waals surface area (Å²) in [5, 5.41) is 117. The zero-order valence-electron chi connectivity index (χ0n) is 82.1. The Bertz CT molecular complexity index is 5700. The lowest BCUT2D eigenvalue weighted by atomic mass is 9.56. The van der Waals surface area contributed by atoms with E-state index in [1.807, 2.05) is 151 Å². The molecule has 0 spiro atoms. The van der Waals surface area contributed by atoms with Crippen LogP contribution < -0.4 is 0 Å². The van der Waals surface area contributed by atoms with Gasteiger partial charge < -0.3 is 61.3 Å². The first kappa shape index (κ1) is 98.7. The van der Waals surface area contributed by atoms with Gasteiger partial charge in [0.1, 0.15) is 69.0 Å². The fraction of sp³-hybridized carbons (Fsp3) is 0.419. The molecule has 8 aliphatic carbocycles. The van der Waals surface area contributed by atoms with Gasteiger partial charge in [0.15, 0.2) is 0 Å². The van der Waals surface area contributed by atoms with E-state index in [0.29, 0.717) is 86.7 Å². The lowest BCUT2D eigenvalue weighted by Gasteiger charge is -2.48. The van der Waals surface area contributed by atoms with Crippen molar-refractivity contribution < 1.29 is 61.3 Å². The van der Waals surface area contributed by atoms with Crippen LogP contribution >= 0.6 is 0 Å². The summed E-state index contributed by atoms with van der Waals surface area (Å²) in [7, 11) is 0. The average Bonchev–Trinajstić information content (AvgIpc) is 1.57. The van der Waals surface area contributed by atoms with E-state index in [1.165, 1.54) is 189 Å². The largest absolute Gasteiger partial charge is 0.508 e. The van der Waals surface area contributed by atoms with Gasteiger partial charge in [-0.25, -0.2) is 0 Å². The molecule has 12 nitrogen and oxygen atoms in total. The molecule has 20 rings (SSSR count). The molecule has 136 heavy (non-hydrogen) atoms. The number of rotatable bonds is 13. The van der Waals surface area contributed by atoms with Gasteiger partial charge in [0.2, 0.25) is 0 Å². The second kappa shape index (κ2) is 42.1. The van der Waals surface area contributed by atoms with E-state index in [1.54, 1.807) is 72.8 Å². The van der Waals surface area contributed by atoms with Gasteiger partial charge in [-0.2, -0.15) is 0 Å². The van der Waals surface area contributed by atoms with Gasteiger partial charge in [0, 0.05) is 32.5 Å². The Balaban J connectivity index is 0.000000125. The van der Waals surface area contributed by atoms with Crippen LogP contribution in [-0.2, 0) is 32.5 Å². The molecular weight excluding hydrogens is 1680 g/mol. The van der Waals surface area contributed by atoms with Crippen LogP contribution in [0.15, 0.2) is 255 Å². The van der Waals surface area contributed by atoms with Crippen molar-refractivity contribution in [2.24, 2.45) is 40.9 Å². The predicted octanol–water partition coefficient (Wildman–Crippen LogP) is 30.3. The fourth-order valence-corrected chi connectivity index (χ4v) is 26.6. The van der Waals surface area contributed by atoms with Crippen molar-refractivity contribution in [3.63, 3.8) is 0 Å². The summed E-state index contributed by atoms with van der Waals surface area (Å²) >= 11 is 0. The molecule has 0 heterocycles. The van der Waals surface area contributed by atoms with Crippen LogP contribution in [0.3, 0.4) is 0 Å². The molecule has 0 saturated heterocycles. The van der Waals surface area contributed by atoms with Gasteiger partial charge in [-0.05, 0) is 375 Å². The third kappa shape index (κ3) is 21.0. The molecule has 0 aromatic heterocycles. The fourth-order valence-electron chi connectivity index (χ4n) is 26.6. The van der Waals surface area contributed by atoms with Gasteiger partial charge in [0.05, 0.1) is 0 Å². The van der Waals surface area contributed by atoms with Crippen molar-refractivity contribution in [1.29, 1.82) is 0 Å². The van der Waals surface area contributed by atoms with Crippen LogP contribution in [0.4, 0.5) is 0 Å². The number of hydrogen-bond donors (Lipinski definition) is 12. The number of phenolic OH excluding ortho intramolecular Hbond substituents is 12. The Morgan fingerprint density at radius 3 is 0.794 bits per heavy atom. The van der Waals surface area contributed by atoms with Gasteiger partial charge in [-0.1, -0.05) is 276 Å². The summed E-state index contributed by atoms with van der Waals surface area (Å²) in [6, 6.07) is 82.4. The number of aryl methyl sites for hydroxylation is 6. The minimum absolute atomic E-state index is 0.000926. The Hall–Kier alpha value is -11.8. The third-order valence-electron chi connectivity index (χ3n) is 33.8. The Morgan fingerprint density at radius 1 is 0.213 bits per heavy atom. The van der Waals surface area contributed by atoms with Crippen LogP contribution in [0.25, 0.3) is 0 Å². The number of fused-ring (bicyclic) bond motifs is 1. The highest BCUT2D eigenvalue weighted by Crippen LogP contribution is 2.61. The standard InChI is InChI=1S/2C24H30O2.C22H28O2.C19H22O2.C18H20O2.C17H18O2/c1-16-14-19(9-11-22(16)25)24(20-10-12-23(26)17(2)15-20)13-5-8-21(24)18-6-3-4-7-18;1-16-13-20(7-9-22(16)25)24(21-8-10-23(26)17(2)14-21)12-11-18-5-3-4-6-19(18)15-24;1-14-10-17(6-8-19(14)23)22(13-21(4,5)12-16(22)3)18-7-9-20(24)15(2)11-18;1-14-3-2-12-19(13-14,15-4-8-17(20)9-5-15)16-6-10-18(21)11-7-16;19-16-8-4-14(5-9-16)18(12-2-1-3-13-18)15-6-10-17(20)11-7-15;18-15-7-3-13(4-8-15)17(11-1-2-12-17)14-5-9-16(19)10-6-14/h9-12,14-15,18,21,25-26H,3-8,13H2,1-2H3;7-10,13-14,18-19,25-26H,3-6,11-12,15H2,1-2H3;6-11,16,23-24H,12-13H2,1-5H3;4-11,14,20-21H,2-3,12-13H2,1H3;4-11,19-20H,1-3,12-13H2;3-10,18-19H,1-2,11-12H2. The summed E-state index contributed by atoms with van der Waals surface area (Å²) in [6.07, 6.45) is 35.9. The summed E-state index contributed by atoms with van der Waals surface area (Å²) < 4.78 is 0. The molecule has 5 atom stereocenters. The smallest absolute Gasteiger partial charge is 0.118 e. The minimum Gasteiger partial charge on any atom is -0.508 e. The van der Waals surface area contributed by atoms with E-state index in [4.69, 9.17) is 0 Å². The van der Waals surface area contributed by atoms with Gasteiger partial charge >= 0.3 is 0 Å². The highest BCUT2D eigenvalue weighted by molar-refractivity contribution is 5.55. The number of phenols is 12. The molecule has 12 N–H and O–H groups in total. The summed E-state index contributed by atoms with van der Waals surface area (Å²) in [6.45, 7) is 21.2.